The molecule has 6 nitrogen and oxygen atoms in total. The second-order valence-corrected chi connectivity index (χ2v) is 7.22. The van der Waals surface area contributed by atoms with Gasteiger partial charge in [0.2, 0.25) is 0 Å². The van der Waals surface area contributed by atoms with Crippen molar-refractivity contribution in [3.63, 3.8) is 0 Å². The number of rotatable bonds is 5. The summed E-state index contributed by atoms with van der Waals surface area (Å²) in [5.74, 6) is -0.788. The smallest absolute Gasteiger partial charge is 0.275 e. The van der Waals surface area contributed by atoms with Gasteiger partial charge in [-0.1, -0.05) is 60.7 Å². The van der Waals surface area contributed by atoms with Gasteiger partial charge in [0, 0.05) is 11.3 Å². The second-order valence-electron chi connectivity index (χ2n) is 7.22. The van der Waals surface area contributed by atoms with Crippen LogP contribution in [0.2, 0.25) is 0 Å². The number of hydrogen-bond acceptors (Lipinski definition) is 4. The van der Waals surface area contributed by atoms with Gasteiger partial charge in [-0.05, 0) is 53.6 Å². The van der Waals surface area contributed by atoms with Crippen molar-refractivity contribution in [3.05, 3.63) is 108 Å². The number of nitrogens with one attached hydrogen (secondary N) is 2. The topological polar surface area (TPSA) is 90.8 Å². The van der Waals surface area contributed by atoms with E-state index in [9.17, 15) is 14.7 Å². The molecule has 0 unspecified atom stereocenters. The average molecular weight is 423 g/mol. The van der Waals surface area contributed by atoms with Gasteiger partial charge < -0.3 is 10.4 Å². The fourth-order valence-corrected chi connectivity index (χ4v) is 3.34. The van der Waals surface area contributed by atoms with Crippen LogP contribution in [-0.4, -0.2) is 22.6 Å². The number of hydrazone groups is 1. The molecular formula is C26H21N3O3. The highest BCUT2D eigenvalue weighted by Crippen LogP contribution is 2.27. The van der Waals surface area contributed by atoms with E-state index in [-0.39, 0.29) is 17.2 Å². The highest BCUT2D eigenvalue weighted by Gasteiger charge is 2.15. The van der Waals surface area contributed by atoms with Crippen LogP contribution in [0.15, 0.2) is 96.1 Å². The summed E-state index contributed by atoms with van der Waals surface area (Å²) >= 11 is 0. The normalized spacial score (nSPS) is 11.2. The predicted molar refractivity (Wildman–Crippen MR) is 126 cm³/mol. The van der Waals surface area contributed by atoms with E-state index in [1.165, 1.54) is 6.07 Å². The molecule has 0 bridgehead atoms. The Balaban J connectivity index is 1.46. The lowest BCUT2D eigenvalue weighted by atomic mass is 10.0. The molecule has 0 aliphatic rings. The molecule has 0 aromatic heterocycles. The van der Waals surface area contributed by atoms with Crippen molar-refractivity contribution in [2.24, 2.45) is 5.10 Å². The van der Waals surface area contributed by atoms with E-state index in [0.717, 1.165) is 10.9 Å². The summed E-state index contributed by atoms with van der Waals surface area (Å²) in [7, 11) is 0. The fraction of sp³-hybridized carbons (Fsp3) is 0.0385. The Labute approximate surface area is 185 Å². The van der Waals surface area contributed by atoms with Gasteiger partial charge in [-0.15, -0.1) is 0 Å². The van der Waals surface area contributed by atoms with Gasteiger partial charge in [-0.3, -0.25) is 9.59 Å². The molecular weight excluding hydrogens is 402 g/mol. The lowest BCUT2D eigenvalue weighted by Gasteiger charge is -2.09. The van der Waals surface area contributed by atoms with Crippen LogP contribution in [0.1, 0.15) is 33.2 Å². The maximum atomic E-state index is 12.7. The van der Waals surface area contributed by atoms with Crippen LogP contribution in [0.25, 0.3) is 10.8 Å². The van der Waals surface area contributed by atoms with Crippen molar-refractivity contribution in [3.8, 4) is 5.75 Å². The van der Waals surface area contributed by atoms with E-state index < -0.39 is 5.91 Å². The summed E-state index contributed by atoms with van der Waals surface area (Å²) in [6, 6.07) is 26.7. The predicted octanol–water partition coefficient (Wildman–Crippen LogP) is 4.95. The quantitative estimate of drug-likeness (QED) is 0.313. The summed E-state index contributed by atoms with van der Waals surface area (Å²) in [6.07, 6.45) is 0. The Morgan fingerprint density at radius 1 is 0.750 bits per heavy atom. The van der Waals surface area contributed by atoms with Crippen LogP contribution >= 0.6 is 0 Å². The van der Waals surface area contributed by atoms with Crippen LogP contribution in [0, 0.1) is 0 Å². The van der Waals surface area contributed by atoms with Gasteiger partial charge in [0.1, 0.15) is 5.75 Å². The zero-order chi connectivity index (χ0) is 22.5. The number of benzene rings is 4. The molecule has 0 atom stereocenters. The molecule has 4 aromatic rings. The number of nitrogens with zero attached hydrogens (tertiary/aromatic N) is 1. The number of carbonyl (C=O) groups is 2. The van der Waals surface area contributed by atoms with Gasteiger partial charge >= 0.3 is 0 Å². The zero-order valence-corrected chi connectivity index (χ0v) is 17.4. The van der Waals surface area contributed by atoms with Crippen LogP contribution in [0.3, 0.4) is 0 Å². The van der Waals surface area contributed by atoms with Crippen LogP contribution in [0.4, 0.5) is 5.69 Å². The largest absolute Gasteiger partial charge is 0.507 e. The maximum Gasteiger partial charge on any atom is 0.275 e. The van der Waals surface area contributed by atoms with E-state index in [0.29, 0.717) is 22.3 Å². The first-order chi connectivity index (χ1) is 15.5. The lowest BCUT2D eigenvalue weighted by molar-refractivity contribution is 0.0953. The number of hydrogen-bond donors (Lipinski definition) is 3. The Morgan fingerprint density at radius 3 is 2.19 bits per heavy atom. The van der Waals surface area contributed by atoms with Gasteiger partial charge in [0.15, 0.2) is 0 Å². The second kappa shape index (κ2) is 9.14. The number of aromatic hydroxyl groups is 1. The minimum Gasteiger partial charge on any atom is -0.507 e. The zero-order valence-electron chi connectivity index (χ0n) is 17.4. The van der Waals surface area contributed by atoms with Crippen LogP contribution < -0.4 is 10.7 Å². The molecule has 4 rings (SSSR count). The van der Waals surface area contributed by atoms with Crippen molar-refractivity contribution >= 4 is 34.0 Å². The van der Waals surface area contributed by atoms with Gasteiger partial charge in [0.25, 0.3) is 11.8 Å². The highest BCUT2D eigenvalue weighted by atomic mass is 16.3. The molecule has 3 N–H and O–H groups in total. The van der Waals surface area contributed by atoms with Crippen molar-refractivity contribution in [1.29, 1.82) is 0 Å². The Hall–Kier alpha value is -4.45. The molecule has 4 aromatic carbocycles. The number of amides is 2. The number of phenolic OH excluding ortho intramolecular Hbond substituents is 1. The van der Waals surface area contributed by atoms with E-state index >= 15 is 0 Å². The standard InChI is InChI=1S/C26H21N3O3/c1-17(18-11-14-21(15-12-18)27-25(31)20-8-3-2-4-9-20)28-29-26(32)24-22-10-6-5-7-19(22)13-16-23(24)30/h2-16,30H,1H3,(H,27,31)(H,29,32)/b28-17+. The van der Waals surface area contributed by atoms with E-state index in [1.54, 1.807) is 55.5 Å². The lowest BCUT2D eigenvalue weighted by Crippen LogP contribution is -2.20. The molecule has 0 radical (unpaired) electrons. The van der Waals surface area contributed by atoms with E-state index in [1.807, 2.05) is 36.4 Å². The molecule has 32 heavy (non-hydrogen) atoms. The third-order valence-electron chi connectivity index (χ3n) is 5.06. The average Bonchev–Trinajstić information content (AvgIpc) is 2.83. The van der Waals surface area contributed by atoms with Gasteiger partial charge in [-0.25, -0.2) is 5.43 Å². The maximum absolute atomic E-state index is 12.7. The Kier molecular flexibility index (Phi) is 5.94. The van der Waals surface area contributed by atoms with E-state index in [4.69, 9.17) is 0 Å². The highest BCUT2D eigenvalue weighted by molar-refractivity contribution is 6.10. The summed E-state index contributed by atoms with van der Waals surface area (Å²) in [6.45, 7) is 1.76. The van der Waals surface area contributed by atoms with Crippen molar-refractivity contribution in [1.82, 2.24) is 5.43 Å². The summed E-state index contributed by atoms with van der Waals surface area (Å²) in [4.78, 5) is 25.0. The minimum atomic E-state index is -0.495. The first-order valence-electron chi connectivity index (χ1n) is 10.0. The Bertz CT molecular complexity index is 1310. The minimum absolute atomic E-state index is 0.104. The first kappa shape index (κ1) is 20.8. The number of anilines is 1. The summed E-state index contributed by atoms with van der Waals surface area (Å²) < 4.78 is 0. The third kappa shape index (κ3) is 4.49. The summed E-state index contributed by atoms with van der Waals surface area (Å²) in [5, 5.41) is 18.7. The van der Waals surface area contributed by atoms with Gasteiger partial charge in [-0.2, -0.15) is 5.10 Å². The molecule has 0 spiro atoms. The Morgan fingerprint density at radius 2 is 1.44 bits per heavy atom. The third-order valence-corrected chi connectivity index (χ3v) is 5.06. The molecule has 0 fully saturated rings. The SMILES string of the molecule is C/C(=N\NC(=O)c1c(O)ccc2ccccc12)c1ccc(NC(=O)c2ccccc2)cc1. The molecule has 0 saturated heterocycles. The monoisotopic (exact) mass is 423 g/mol. The first-order valence-corrected chi connectivity index (χ1v) is 10.0. The molecule has 0 aliphatic carbocycles. The number of fused-ring (bicyclic) bond motifs is 1. The number of phenols is 1. The van der Waals surface area contributed by atoms with Gasteiger partial charge in [0.05, 0.1) is 11.3 Å². The van der Waals surface area contributed by atoms with E-state index in [2.05, 4.69) is 15.8 Å². The molecule has 6 heteroatoms. The van der Waals surface area contributed by atoms with Crippen molar-refractivity contribution < 1.29 is 14.7 Å². The van der Waals surface area contributed by atoms with Crippen LogP contribution in [0.5, 0.6) is 5.75 Å². The van der Waals surface area contributed by atoms with Crippen molar-refractivity contribution in [2.45, 2.75) is 6.92 Å². The van der Waals surface area contributed by atoms with Crippen molar-refractivity contribution in [2.75, 3.05) is 5.32 Å². The number of carbonyl (C=O) groups excluding carboxylic acids is 2. The summed E-state index contributed by atoms with van der Waals surface area (Å²) in [5.41, 5.74) is 5.29. The molecule has 158 valence electrons. The molecule has 2 amide bonds. The molecule has 0 heterocycles. The fourth-order valence-electron chi connectivity index (χ4n) is 3.34. The molecule has 0 saturated carbocycles. The van der Waals surface area contributed by atoms with Crippen LogP contribution in [-0.2, 0) is 0 Å². The molecule has 0 aliphatic heterocycles.